The number of hydrogen-bond acceptors (Lipinski definition) is 4. The van der Waals surface area contributed by atoms with Gasteiger partial charge in [0, 0.05) is 10.7 Å². The Bertz CT molecular complexity index is 868. The highest BCUT2D eigenvalue weighted by atomic mass is 35.5. The number of rotatable bonds is 5. The van der Waals surface area contributed by atoms with Crippen LogP contribution in [-0.4, -0.2) is 18.0 Å². The van der Waals surface area contributed by atoms with Gasteiger partial charge < -0.3 is 15.4 Å². The highest BCUT2D eigenvalue weighted by molar-refractivity contribution is 6.31. The van der Waals surface area contributed by atoms with E-state index in [9.17, 15) is 4.79 Å². The highest BCUT2D eigenvalue weighted by Crippen LogP contribution is 2.28. The number of carbonyl (C=O) groups excluding carboxylic acids is 1. The molecule has 2 aromatic carbocycles. The summed E-state index contributed by atoms with van der Waals surface area (Å²) in [5, 5.41) is 6.48. The third kappa shape index (κ3) is 4.28. The minimum Gasteiger partial charge on any atom is -0.495 e. The number of carbonyl (C=O) groups is 1. The van der Waals surface area contributed by atoms with Gasteiger partial charge in [-0.1, -0.05) is 29.8 Å². The SMILES string of the molecule is COc1ccc(Cl)cc1NC(=O)c1ccc(Nc2ccccc2)cn1. The second-order valence-electron chi connectivity index (χ2n) is 5.22. The molecule has 0 unspecified atom stereocenters. The Hall–Kier alpha value is -3.05. The van der Waals surface area contributed by atoms with Gasteiger partial charge in [-0.05, 0) is 42.5 Å². The van der Waals surface area contributed by atoms with E-state index in [-0.39, 0.29) is 5.91 Å². The maximum atomic E-state index is 12.4. The lowest BCUT2D eigenvalue weighted by Gasteiger charge is -2.11. The Labute approximate surface area is 150 Å². The first-order valence-electron chi connectivity index (χ1n) is 7.59. The maximum Gasteiger partial charge on any atom is 0.274 e. The van der Waals surface area contributed by atoms with Crippen molar-refractivity contribution in [2.75, 3.05) is 17.7 Å². The summed E-state index contributed by atoms with van der Waals surface area (Å²) in [5.74, 6) is 0.187. The quantitative estimate of drug-likeness (QED) is 0.695. The lowest BCUT2D eigenvalue weighted by molar-refractivity contribution is 0.102. The number of anilines is 3. The first-order valence-corrected chi connectivity index (χ1v) is 7.96. The number of nitrogens with one attached hydrogen (secondary N) is 2. The molecule has 0 bridgehead atoms. The molecule has 5 nitrogen and oxygen atoms in total. The maximum absolute atomic E-state index is 12.4. The lowest BCUT2D eigenvalue weighted by atomic mass is 10.2. The number of pyridine rings is 1. The molecule has 0 saturated heterocycles. The number of benzene rings is 2. The molecule has 1 heterocycles. The van der Waals surface area contributed by atoms with Gasteiger partial charge in [0.2, 0.25) is 0 Å². The van der Waals surface area contributed by atoms with Crippen molar-refractivity contribution in [3.63, 3.8) is 0 Å². The first kappa shape index (κ1) is 16.8. The summed E-state index contributed by atoms with van der Waals surface area (Å²) >= 11 is 5.97. The second kappa shape index (κ2) is 7.68. The summed E-state index contributed by atoms with van der Waals surface area (Å²) in [5.41, 5.74) is 2.53. The molecule has 25 heavy (non-hydrogen) atoms. The molecule has 0 aliphatic heterocycles. The molecule has 0 atom stereocenters. The molecule has 0 saturated carbocycles. The molecule has 6 heteroatoms. The molecule has 0 fully saturated rings. The van der Waals surface area contributed by atoms with E-state index in [1.54, 1.807) is 36.5 Å². The Morgan fingerprint density at radius 1 is 1.04 bits per heavy atom. The van der Waals surface area contributed by atoms with Crippen LogP contribution in [0.2, 0.25) is 5.02 Å². The van der Waals surface area contributed by atoms with Crippen LogP contribution in [-0.2, 0) is 0 Å². The fourth-order valence-electron chi connectivity index (χ4n) is 2.25. The van der Waals surface area contributed by atoms with Crippen molar-refractivity contribution in [3.8, 4) is 5.75 Å². The van der Waals surface area contributed by atoms with E-state index in [0.29, 0.717) is 22.2 Å². The lowest BCUT2D eigenvalue weighted by Crippen LogP contribution is -2.14. The molecular weight excluding hydrogens is 338 g/mol. The first-order chi connectivity index (χ1) is 12.2. The van der Waals surface area contributed by atoms with Crippen LogP contribution >= 0.6 is 11.6 Å². The van der Waals surface area contributed by atoms with Crippen LogP contribution in [0.4, 0.5) is 17.1 Å². The van der Waals surface area contributed by atoms with Crippen molar-refractivity contribution in [2.24, 2.45) is 0 Å². The van der Waals surface area contributed by atoms with E-state index < -0.39 is 0 Å². The number of methoxy groups -OCH3 is 1. The van der Waals surface area contributed by atoms with Gasteiger partial charge in [0.05, 0.1) is 24.7 Å². The van der Waals surface area contributed by atoms with E-state index in [1.165, 1.54) is 7.11 Å². The predicted molar refractivity (Wildman–Crippen MR) is 99.9 cm³/mol. The zero-order valence-electron chi connectivity index (χ0n) is 13.5. The zero-order chi connectivity index (χ0) is 17.6. The largest absolute Gasteiger partial charge is 0.495 e. The van der Waals surface area contributed by atoms with Crippen molar-refractivity contribution < 1.29 is 9.53 Å². The van der Waals surface area contributed by atoms with Crippen LogP contribution < -0.4 is 15.4 Å². The van der Waals surface area contributed by atoms with Crippen molar-refractivity contribution in [2.45, 2.75) is 0 Å². The van der Waals surface area contributed by atoms with E-state index in [1.807, 2.05) is 30.3 Å². The van der Waals surface area contributed by atoms with Gasteiger partial charge in [0.15, 0.2) is 0 Å². The fourth-order valence-corrected chi connectivity index (χ4v) is 2.43. The summed E-state index contributed by atoms with van der Waals surface area (Å²) < 4.78 is 5.22. The van der Waals surface area contributed by atoms with E-state index in [0.717, 1.165) is 11.4 Å². The van der Waals surface area contributed by atoms with Crippen molar-refractivity contribution in [1.82, 2.24) is 4.98 Å². The van der Waals surface area contributed by atoms with E-state index in [4.69, 9.17) is 16.3 Å². The zero-order valence-corrected chi connectivity index (χ0v) is 14.2. The van der Waals surface area contributed by atoms with Crippen LogP contribution in [0.3, 0.4) is 0 Å². The summed E-state index contributed by atoms with van der Waals surface area (Å²) in [6.07, 6.45) is 1.61. The molecule has 2 N–H and O–H groups in total. The summed E-state index contributed by atoms with van der Waals surface area (Å²) in [6, 6.07) is 18.2. The molecule has 3 rings (SSSR count). The van der Waals surface area contributed by atoms with Gasteiger partial charge in [0.1, 0.15) is 11.4 Å². The Balaban J connectivity index is 1.72. The van der Waals surface area contributed by atoms with Crippen molar-refractivity contribution in [1.29, 1.82) is 0 Å². The van der Waals surface area contributed by atoms with E-state index >= 15 is 0 Å². The Kier molecular flexibility index (Phi) is 5.16. The number of aromatic nitrogens is 1. The number of ether oxygens (including phenoxy) is 1. The average molecular weight is 354 g/mol. The van der Waals surface area contributed by atoms with Gasteiger partial charge in [-0.3, -0.25) is 4.79 Å². The molecule has 0 spiro atoms. The van der Waals surface area contributed by atoms with Gasteiger partial charge in [-0.25, -0.2) is 4.98 Å². The summed E-state index contributed by atoms with van der Waals surface area (Å²) in [6.45, 7) is 0. The highest BCUT2D eigenvalue weighted by Gasteiger charge is 2.11. The van der Waals surface area contributed by atoms with Crippen LogP contribution in [0.5, 0.6) is 5.75 Å². The van der Waals surface area contributed by atoms with Crippen molar-refractivity contribution >= 4 is 34.6 Å². The van der Waals surface area contributed by atoms with Crippen LogP contribution in [0.1, 0.15) is 10.5 Å². The van der Waals surface area contributed by atoms with Crippen LogP contribution in [0.25, 0.3) is 0 Å². The predicted octanol–water partition coefficient (Wildman–Crippen LogP) is 4.74. The number of para-hydroxylation sites is 1. The van der Waals surface area contributed by atoms with Gasteiger partial charge in [-0.2, -0.15) is 0 Å². The third-order valence-electron chi connectivity index (χ3n) is 3.47. The number of nitrogens with zero attached hydrogens (tertiary/aromatic N) is 1. The van der Waals surface area contributed by atoms with Gasteiger partial charge in [-0.15, -0.1) is 0 Å². The van der Waals surface area contributed by atoms with Gasteiger partial charge >= 0.3 is 0 Å². The molecule has 126 valence electrons. The molecule has 3 aromatic rings. The summed E-state index contributed by atoms with van der Waals surface area (Å²) in [4.78, 5) is 16.6. The number of amides is 1. The average Bonchev–Trinajstić information content (AvgIpc) is 2.63. The van der Waals surface area contributed by atoms with Crippen LogP contribution in [0.15, 0.2) is 66.9 Å². The molecule has 0 radical (unpaired) electrons. The molecular formula is C19H16ClN3O2. The smallest absolute Gasteiger partial charge is 0.274 e. The summed E-state index contributed by atoms with van der Waals surface area (Å²) in [7, 11) is 1.53. The monoisotopic (exact) mass is 353 g/mol. The molecule has 0 aliphatic carbocycles. The second-order valence-corrected chi connectivity index (χ2v) is 5.66. The number of halogens is 1. The molecule has 1 aromatic heterocycles. The van der Waals surface area contributed by atoms with Gasteiger partial charge in [0.25, 0.3) is 5.91 Å². The van der Waals surface area contributed by atoms with Crippen LogP contribution in [0, 0.1) is 0 Å². The fraction of sp³-hybridized carbons (Fsp3) is 0.0526. The molecule has 0 aliphatic rings. The number of hydrogen-bond donors (Lipinski definition) is 2. The topological polar surface area (TPSA) is 63.2 Å². The van der Waals surface area contributed by atoms with E-state index in [2.05, 4.69) is 15.6 Å². The minimum absolute atomic E-state index is 0.292. The van der Waals surface area contributed by atoms with Crippen molar-refractivity contribution in [3.05, 3.63) is 77.6 Å². The Morgan fingerprint density at radius 2 is 1.84 bits per heavy atom. The third-order valence-corrected chi connectivity index (χ3v) is 3.70. The minimum atomic E-state index is -0.341. The normalized spacial score (nSPS) is 10.2. The molecule has 1 amide bonds. The Morgan fingerprint density at radius 3 is 2.52 bits per heavy atom. The standard InChI is InChI=1S/C19H16ClN3O2/c1-25-18-10-7-13(20)11-17(18)23-19(24)16-9-8-15(12-21-16)22-14-5-3-2-4-6-14/h2-12,22H,1H3,(H,23,24).